The molecule has 2 aliphatic heterocycles. The Hall–Kier alpha value is -3.35. The van der Waals surface area contributed by atoms with Gasteiger partial charge in [-0.25, -0.2) is 0 Å². The van der Waals surface area contributed by atoms with Crippen LogP contribution in [0.4, 0.5) is 11.4 Å². The van der Waals surface area contributed by atoms with E-state index in [2.05, 4.69) is 62.9 Å². The number of fused-ring (bicyclic) bond motifs is 2. The van der Waals surface area contributed by atoms with Crippen LogP contribution in [0.5, 0.6) is 5.75 Å². The molecule has 2 heterocycles. The van der Waals surface area contributed by atoms with E-state index in [4.69, 9.17) is 9.47 Å². The van der Waals surface area contributed by atoms with Crippen molar-refractivity contribution in [2.75, 3.05) is 11.4 Å². The van der Waals surface area contributed by atoms with Crippen molar-refractivity contribution in [3.05, 3.63) is 69.3 Å². The second kappa shape index (κ2) is 24.4. The molecular formula is C49H76N2O5. The minimum absolute atomic E-state index is 0.0306. The molecule has 1 atom stereocenters. The number of benzene rings is 2. The van der Waals surface area contributed by atoms with Crippen LogP contribution in [-0.2, 0) is 21.6 Å². The van der Waals surface area contributed by atoms with Crippen LogP contribution >= 0.6 is 0 Å². The van der Waals surface area contributed by atoms with Gasteiger partial charge in [-0.1, -0.05) is 180 Å². The molecule has 1 unspecified atom stereocenters. The van der Waals surface area contributed by atoms with Crippen LogP contribution in [-0.4, -0.2) is 23.2 Å². The highest BCUT2D eigenvalue weighted by atomic mass is 16.6. The summed E-state index contributed by atoms with van der Waals surface area (Å²) in [5.74, 6) is 0.292. The maximum absolute atomic E-state index is 12.9. The molecule has 2 aliphatic rings. The number of esters is 1. The van der Waals surface area contributed by atoms with Gasteiger partial charge in [-0.3, -0.25) is 14.9 Å². The van der Waals surface area contributed by atoms with Crippen molar-refractivity contribution in [2.24, 2.45) is 0 Å². The fourth-order valence-corrected chi connectivity index (χ4v) is 8.89. The molecule has 56 heavy (non-hydrogen) atoms. The summed E-state index contributed by atoms with van der Waals surface area (Å²) >= 11 is 0. The molecule has 0 radical (unpaired) electrons. The summed E-state index contributed by atoms with van der Waals surface area (Å²) in [5.41, 5.74) is 2.29. The third-order valence-electron chi connectivity index (χ3n) is 12.4. The number of nitrogens with zero attached hydrogens (tertiary/aromatic N) is 2. The number of nitro benzene ring substituents is 1. The van der Waals surface area contributed by atoms with Crippen LogP contribution in [0.15, 0.2) is 42.5 Å². The van der Waals surface area contributed by atoms with Gasteiger partial charge in [0.25, 0.3) is 5.69 Å². The second-order valence-electron chi connectivity index (χ2n) is 17.2. The zero-order valence-corrected chi connectivity index (χ0v) is 35.9. The van der Waals surface area contributed by atoms with E-state index in [1.165, 1.54) is 152 Å². The zero-order valence-electron chi connectivity index (χ0n) is 35.9. The molecule has 0 bridgehead atoms. The van der Waals surface area contributed by atoms with Crippen LogP contribution in [0.1, 0.15) is 211 Å². The molecule has 0 aliphatic carbocycles. The first-order valence-corrected chi connectivity index (χ1v) is 23.0. The first-order valence-electron chi connectivity index (χ1n) is 23.0. The van der Waals surface area contributed by atoms with Crippen LogP contribution in [0.2, 0.25) is 0 Å². The highest BCUT2D eigenvalue weighted by Crippen LogP contribution is 2.55. The summed E-state index contributed by atoms with van der Waals surface area (Å²) in [6, 6.07) is 11.7. The number of para-hydroxylation sites is 1. The third kappa shape index (κ3) is 13.1. The lowest BCUT2D eigenvalue weighted by atomic mass is 9.76. The summed E-state index contributed by atoms with van der Waals surface area (Å²) in [6.45, 7) is 9.76. The van der Waals surface area contributed by atoms with E-state index in [0.29, 0.717) is 23.3 Å². The normalized spacial score (nSPS) is 16.5. The molecule has 1 spiro atoms. The van der Waals surface area contributed by atoms with Gasteiger partial charge in [0, 0.05) is 41.9 Å². The third-order valence-corrected chi connectivity index (χ3v) is 12.4. The molecule has 0 saturated heterocycles. The Morgan fingerprint density at radius 1 is 0.714 bits per heavy atom. The first kappa shape index (κ1) is 45.4. The van der Waals surface area contributed by atoms with Crippen LogP contribution in [0.25, 0.3) is 6.08 Å². The number of anilines is 1. The predicted octanol–water partition coefficient (Wildman–Crippen LogP) is 14.7. The van der Waals surface area contributed by atoms with Crippen molar-refractivity contribution in [1.29, 1.82) is 0 Å². The molecule has 0 fully saturated rings. The van der Waals surface area contributed by atoms with Gasteiger partial charge >= 0.3 is 5.97 Å². The van der Waals surface area contributed by atoms with Crippen molar-refractivity contribution in [1.82, 2.24) is 0 Å². The molecule has 0 amide bonds. The lowest BCUT2D eigenvalue weighted by Gasteiger charge is -2.47. The van der Waals surface area contributed by atoms with Crippen molar-refractivity contribution in [2.45, 2.75) is 212 Å². The van der Waals surface area contributed by atoms with E-state index in [0.717, 1.165) is 32.2 Å². The van der Waals surface area contributed by atoms with Crippen molar-refractivity contribution >= 4 is 23.4 Å². The number of carbonyl (C=O) groups is 1. The molecule has 0 aromatic heterocycles. The quantitative estimate of drug-likeness (QED) is 0.0340. The Kier molecular flexibility index (Phi) is 19.8. The van der Waals surface area contributed by atoms with Gasteiger partial charge in [-0.15, -0.1) is 0 Å². The summed E-state index contributed by atoms with van der Waals surface area (Å²) in [5, 5.41) is 12.0. The standard InChI is InChI=1S/C49H76N2O5/c1-5-7-9-11-13-15-16-17-18-19-20-21-23-25-27-31-37-50-45-33-30-29-32-44(45)48(3,4)49(50)36-35-41-38-43(51(53)54)39-42(47(41)56-49)40-55-46(52)34-28-26-24-22-14-12-10-8-6-2/h29-30,32-33,35-36,38-39H,5-28,31,34,37,40H2,1-4H3. The molecule has 4 rings (SSSR count). The highest BCUT2D eigenvalue weighted by Gasteiger charge is 2.58. The topological polar surface area (TPSA) is 81.9 Å². The summed E-state index contributed by atoms with van der Waals surface area (Å²) in [7, 11) is 0. The van der Waals surface area contributed by atoms with Crippen molar-refractivity contribution in [3.8, 4) is 5.75 Å². The SMILES string of the molecule is CCCCCCCCCCCCCCCCCCN1c2ccccc2C(C)(C)C12C=Cc1cc([N+](=O)[O-])cc(COC(=O)CCCCCCCCCCC)c1O2. The van der Waals surface area contributed by atoms with Gasteiger partial charge in [-0.05, 0) is 50.5 Å². The Morgan fingerprint density at radius 2 is 1.21 bits per heavy atom. The van der Waals surface area contributed by atoms with E-state index >= 15 is 0 Å². The fourth-order valence-electron chi connectivity index (χ4n) is 8.89. The molecule has 7 heteroatoms. The molecule has 0 saturated carbocycles. The Morgan fingerprint density at radius 3 is 1.75 bits per heavy atom. The maximum Gasteiger partial charge on any atom is 0.306 e. The summed E-state index contributed by atoms with van der Waals surface area (Å²) in [4.78, 5) is 26.9. The summed E-state index contributed by atoms with van der Waals surface area (Å²) < 4.78 is 12.9. The van der Waals surface area contributed by atoms with Crippen molar-refractivity contribution in [3.63, 3.8) is 0 Å². The molecule has 7 nitrogen and oxygen atoms in total. The van der Waals surface area contributed by atoms with Crippen LogP contribution in [0.3, 0.4) is 0 Å². The zero-order chi connectivity index (χ0) is 40.1. The number of hydrogen-bond acceptors (Lipinski definition) is 6. The van der Waals surface area contributed by atoms with Crippen LogP contribution in [0, 0.1) is 10.1 Å². The Bertz CT molecular complexity index is 1500. The average molecular weight is 773 g/mol. The van der Waals surface area contributed by atoms with Gasteiger partial charge in [0.15, 0.2) is 0 Å². The molecule has 2 aromatic carbocycles. The molecule has 312 valence electrons. The number of nitro groups is 1. The van der Waals surface area contributed by atoms with Crippen molar-refractivity contribution < 1.29 is 19.2 Å². The summed E-state index contributed by atoms with van der Waals surface area (Å²) in [6.07, 6.45) is 36.4. The number of rotatable bonds is 30. The second-order valence-corrected chi connectivity index (χ2v) is 17.2. The molecule has 0 N–H and O–H groups in total. The lowest BCUT2D eigenvalue weighted by Crippen LogP contribution is -2.59. The largest absolute Gasteiger partial charge is 0.462 e. The van der Waals surface area contributed by atoms with Gasteiger partial charge in [-0.2, -0.15) is 0 Å². The Balaban J connectivity index is 1.31. The van der Waals surface area contributed by atoms with E-state index in [-0.39, 0.29) is 23.2 Å². The maximum atomic E-state index is 12.9. The molecule has 2 aromatic rings. The van der Waals surface area contributed by atoms with Gasteiger partial charge in [0.1, 0.15) is 12.4 Å². The van der Waals surface area contributed by atoms with Crippen LogP contribution < -0.4 is 9.64 Å². The number of carbonyl (C=O) groups excluding carboxylic acids is 1. The first-order chi connectivity index (χ1) is 27.2. The lowest BCUT2D eigenvalue weighted by molar-refractivity contribution is -0.385. The average Bonchev–Trinajstić information content (AvgIpc) is 3.37. The van der Waals surface area contributed by atoms with Gasteiger partial charge in [0.05, 0.1) is 10.3 Å². The fraction of sp³-hybridized carbons (Fsp3) is 0.694. The number of ether oxygens (including phenoxy) is 2. The predicted molar refractivity (Wildman–Crippen MR) is 233 cm³/mol. The van der Waals surface area contributed by atoms with Gasteiger partial charge in [0.2, 0.25) is 5.72 Å². The minimum Gasteiger partial charge on any atom is -0.462 e. The smallest absolute Gasteiger partial charge is 0.306 e. The Labute approximate surface area is 340 Å². The molecular weight excluding hydrogens is 697 g/mol. The number of hydrogen-bond donors (Lipinski definition) is 0. The van der Waals surface area contributed by atoms with E-state index in [1.54, 1.807) is 6.07 Å². The monoisotopic (exact) mass is 773 g/mol. The van der Waals surface area contributed by atoms with E-state index in [9.17, 15) is 14.9 Å². The number of unbranched alkanes of at least 4 members (excludes halogenated alkanes) is 23. The minimum atomic E-state index is -0.829. The van der Waals surface area contributed by atoms with Gasteiger partial charge < -0.3 is 14.4 Å². The van der Waals surface area contributed by atoms with E-state index < -0.39 is 11.1 Å². The highest BCUT2D eigenvalue weighted by molar-refractivity contribution is 5.74. The van der Waals surface area contributed by atoms with E-state index in [1.807, 2.05) is 6.08 Å². The number of non-ortho nitro benzene ring substituents is 1.